The Balaban J connectivity index is 1.95. The van der Waals surface area contributed by atoms with Crippen LogP contribution < -0.4 is 5.73 Å². The predicted octanol–water partition coefficient (Wildman–Crippen LogP) is 3.51. The number of benzene rings is 2. The summed E-state index contributed by atoms with van der Waals surface area (Å²) in [6.07, 6.45) is 0. The molecular formula is C17H17N3. The van der Waals surface area contributed by atoms with Crippen LogP contribution in [-0.2, 0) is 6.54 Å². The summed E-state index contributed by atoms with van der Waals surface area (Å²) in [5.74, 6) is 0. The van der Waals surface area contributed by atoms with E-state index in [1.54, 1.807) is 0 Å². The van der Waals surface area contributed by atoms with Crippen molar-refractivity contribution < 1.29 is 0 Å². The van der Waals surface area contributed by atoms with Gasteiger partial charge >= 0.3 is 0 Å². The highest BCUT2D eigenvalue weighted by molar-refractivity contribution is 5.70. The van der Waals surface area contributed by atoms with Crippen LogP contribution in [0.3, 0.4) is 0 Å². The van der Waals surface area contributed by atoms with E-state index < -0.39 is 0 Å². The van der Waals surface area contributed by atoms with Crippen LogP contribution in [-0.4, -0.2) is 10.2 Å². The molecule has 1 aromatic heterocycles. The van der Waals surface area contributed by atoms with Crippen LogP contribution in [0, 0.1) is 6.92 Å². The molecule has 0 aliphatic rings. The smallest absolute Gasteiger partial charge is 0.0953 e. The molecule has 0 fully saturated rings. The second kappa shape index (κ2) is 5.31. The lowest BCUT2D eigenvalue weighted by Gasteiger charge is -2.04. The summed E-state index contributed by atoms with van der Waals surface area (Å²) < 4.78 is 0. The van der Waals surface area contributed by atoms with Gasteiger partial charge in [0.2, 0.25) is 0 Å². The van der Waals surface area contributed by atoms with Crippen molar-refractivity contribution in [3.8, 4) is 22.4 Å². The molecule has 3 nitrogen and oxygen atoms in total. The fourth-order valence-corrected chi connectivity index (χ4v) is 2.36. The van der Waals surface area contributed by atoms with Gasteiger partial charge in [0.25, 0.3) is 0 Å². The maximum absolute atomic E-state index is 5.67. The molecule has 0 atom stereocenters. The minimum Gasteiger partial charge on any atom is -0.325 e. The van der Waals surface area contributed by atoms with Gasteiger partial charge in [-0.2, -0.15) is 5.10 Å². The van der Waals surface area contributed by atoms with Crippen molar-refractivity contribution in [2.75, 3.05) is 0 Å². The Bertz CT molecular complexity index is 697. The summed E-state index contributed by atoms with van der Waals surface area (Å²) in [4.78, 5) is 0. The third-order valence-electron chi connectivity index (χ3n) is 3.58. The summed E-state index contributed by atoms with van der Waals surface area (Å²) in [6, 6.07) is 18.8. The highest BCUT2D eigenvalue weighted by atomic mass is 15.1. The summed E-state index contributed by atoms with van der Waals surface area (Å²) in [5.41, 5.74) is 12.3. The third-order valence-corrected chi connectivity index (χ3v) is 3.58. The van der Waals surface area contributed by atoms with Crippen molar-refractivity contribution >= 4 is 0 Å². The van der Waals surface area contributed by atoms with E-state index in [9.17, 15) is 0 Å². The van der Waals surface area contributed by atoms with Gasteiger partial charge in [0.15, 0.2) is 0 Å². The van der Waals surface area contributed by atoms with Crippen LogP contribution in [0.1, 0.15) is 11.3 Å². The van der Waals surface area contributed by atoms with E-state index in [1.807, 2.05) is 13.0 Å². The number of aromatic nitrogens is 2. The topological polar surface area (TPSA) is 54.7 Å². The van der Waals surface area contributed by atoms with E-state index in [0.29, 0.717) is 6.54 Å². The predicted molar refractivity (Wildman–Crippen MR) is 82.1 cm³/mol. The van der Waals surface area contributed by atoms with Crippen LogP contribution >= 0.6 is 0 Å². The Morgan fingerprint density at radius 3 is 2.10 bits per heavy atom. The third kappa shape index (κ3) is 2.24. The van der Waals surface area contributed by atoms with E-state index in [2.05, 4.69) is 58.7 Å². The normalized spacial score (nSPS) is 10.7. The number of nitrogens with two attached hydrogens (primary N) is 1. The number of hydrogen-bond acceptors (Lipinski definition) is 2. The lowest BCUT2D eigenvalue weighted by molar-refractivity contribution is 0.941. The summed E-state index contributed by atoms with van der Waals surface area (Å²) in [7, 11) is 0. The molecule has 3 aromatic rings. The lowest BCUT2D eigenvalue weighted by atomic mass is 10.0. The maximum Gasteiger partial charge on any atom is 0.0953 e. The van der Waals surface area contributed by atoms with Gasteiger partial charge in [-0.15, -0.1) is 0 Å². The zero-order valence-corrected chi connectivity index (χ0v) is 11.4. The standard InChI is InChI=1S/C17H17N3/c1-12-16(11-18)19-20-17(12)15-9-7-14(8-10-15)13-5-3-2-4-6-13/h2-10H,11,18H2,1H3,(H,19,20). The zero-order valence-electron chi connectivity index (χ0n) is 11.4. The summed E-state index contributed by atoms with van der Waals surface area (Å²) >= 11 is 0. The van der Waals surface area contributed by atoms with E-state index in [4.69, 9.17) is 5.73 Å². The molecular weight excluding hydrogens is 246 g/mol. The molecule has 0 aliphatic heterocycles. The zero-order chi connectivity index (χ0) is 13.9. The van der Waals surface area contributed by atoms with Gasteiger partial charge in [-0.25, -0.2) is 0 Å². The largest absolute Gasteiger partial charge is 0.325 e. The summed E-state index contributed by atoms with van der Waals surface area (Å²) in [6.45, 7) is 2.53. The van der Waals surface area contributed by atoms with E-state index in [1.165, 1.54) is 11.1 Å². The average molecular weight is 263 g/mol. The number of nitrogens with one attached hydrogen (secondary N) is 1. The minimum absolute atomic E-state index is 0.487. The molecule has 1 heterocycles. The van der Waals surface area contributed by atoms with Crippen LogP contribution in [0.25, 0.3) is 22.4 Å². The van der Waals surface area contributed by atoms with Crippen LogP contribution in [0.2, 0.25) is 0 Å². The minimum atomic E-state index is 0.487. The molecule has 0 saturated heterocycles. The molecule has 100 valence electrons. The Kier molecular flexibility index (Phi) is 3.35. The first kappa shape index (κ1) is 12.6. The van der Waals surface area contributed by atoms with Crippen LogP contribution in [0.15, 0.2) is 54.6 Å². The molecule has 3 rings (SSSR count). The SMILES string of the molecule is Cc1c(-c2ccc(-c3ccccc3)cc2)n[nH]c1CN. The molecule has 0 aliphatic carbocycles. The first-order valence-electron chi connectivity index (χ1n) is 6.69. The Morgan fingerprint density at radius 2 is 1.50 bits per heavy atom. The average Bonchev–Trinajstić information content (AvgIpc) is 2.89. The molecule has 0 saturated carbocycles. The monoisotopic (exact) mass is 263 g/mol. The molecule has 0 amide bonds. The number of nitrogens with zero attached hydrogens (tertiary/aromatic N) is 1. The van der Waals surface area contributed by atoms with Crippen LogP contribution in [0.5, 0.6) is 0 Å². The molecule has 0 radical (unpaired) electrons. The van der Waals surface area contributed by atoms with Gasteiger partial charge in [0.1, 0.15) is 0 Å². The number of aromatic amines is 1. The van der Waals surface area contributed by atoms with Crippen molar-refractivity contribution in [1.29, 1.82) is 0 Å². The second-order valence-electron chi connectivity index (χ2n) is 4.82. The van der Waals surface area contributed by atoms with Crippen molar-refractivity contribution in [1.82, 2.24) is 10.2 Å². The van der Waals surface area contributed by atoms with E-state index in [-0.39, 0.29) is 0 Å². The summed E-state index contributed by atoms with van der Waals surface area (Å²) in [5, 5.41) is 7.35. The quantitative estimate of drug-likeness (QED) is 0.759. The molecule has 0 unspecified atom stereocenters. The van der Waals surface area contributed by atoms with Gasteiger partial charge in [0, 0.05) is 12.1 Å². The fraction of sp³-hybridized carbons (Fsp3) is 0.118. The fourth-order valence-electron chi connectivity index (χ4n) is 2.36. The first-order valence-corrected chi connectivity index (χ1v) is 6.69. The van der Waals surface area contributed by atoms with Crippen molar-refractivity contribution in [2.24, 2.45) is 5.73 Å². The van der Waals surface area contributed by atoms with Gasteiger partial charge in [0.05, 0.1) is 11.4 Å². The number of H-pyrrole nitrogens is 1. The number of hydrogen-bond donors (Lipinski definition) is 2. The van der Waals surface area contributed by atoms with Gasteiger partial charge < -0.3 is 5.73 Å². The highest BCUT2D eigenvalue weighted by Gasteiger charge is 2.09. The van der Waals surface area contributed by atoms with Gasteiger partial charge in [-0.3, -0.25) is 5.10 Å². The maximum atomic E-state index is 5.67. The molecule has 3 N–H and O–H groups in total. The number of rotatable bonds is 3. The first-order chi connectivity index (χ1) is 9.79. The van der Waals surface area contributed by atoms with Crippen molar-refractivity contribution in [2.45, 2.75) is 13.5 Å². The Morgan fingerprint density at radius 1 is 0.900 bits per heavy atom. The molecule has 3 heteroatoms. The molecule has 20 heavy (non-hydrogen) atoms. The lowest BCUT2D eigenvalue weighted by Crippen LogP contribution is -1.98. The second-order valence-corrected chi connectivity index (χ2v) is 4.82. The van der Waals surface area contributed by atoms with Crippen molar-refractivity contribution in [3.05, 3.63) is 65.9 Å². The van der Waals surface area contributed by atoms with Gasteiger partial charge in [-0.05, 0) is 23.6 Å². The van der Waals surface area contributed by atoms with Crippen molar-refractivity contribution in [3.63, 3.8) is 0 Å². The Labute approximate surface area is 118 Å². The van der Waals surface area contributed by atoms with Gasteiger partial charge in [-0.1, -0.05) is 54.6 Å². The molecule has 0 spiro atoms. The van der Waals surface area contributed by atoms with Crippen LogP contribution in [0.4, 0.5) is 0 Å². The molecule has 0 bridgehead atoms. The highest BCUT2D eigenvalue weighted by Crippen LogP contribution is 2.26. The van der Waals surface area contributed by atoms with E-state index in [0.717, 1.165) is 22.5 Å². The van der Waals surface area contributed by atoms with E-state index >= 15 is 0 Å². The Hall–Kier alpha value is -2.39. The molecule has 2 aromatic carbocycles.